The van der Waals surface area contributed by atoms with Crippen molar-refractivity contribution in [1.29, 1.82) is 0 Å². The van der Waals surface area contributed by atoms with Crippen LogP contribution in [0.3, 0.4) is 0 Å². The van der Waals surface area contributed by atoms with E-state index in [0.717, 1.165) is 6.42 Å². The first-order valence-electron chi connectivity index (χ1n) is 14.3. The second-order valence-electron chi connectivity index (χ2n) is 10.1. The van der Waals surface area contributed by atoms with E-state index >= 15 is 0 Å². The molecule has 2 nitrogen and oxygen atoms in total. The van der Waals surface area contributed by atoms with Crippen LogP contribution < -0.4 is 0 Å². The zero-order valence-corrected chi connectivity index (χ0v) is 22.0. The van der Waals surface area contributed by atoms with Crippen molar-refractivity contribution in [2.75, 3.05) is 6.61 Å². The Kier molecular flexibility index (Phi) is 23.7. The molecule has 2 atom stereocenters. The minimum Gasteiger partial charge on any atom is -0.465 e. The van der Waals surface area contributed by atoms with Crippen LogP contribution in [0, 0.1) is 11.8 Å². The van der Waals surface area contributed by atoms with Crippen molar-refractivity contribution in [2.24, 2.45) is 11.8 Å². The Morgan fingerprint density at radius 2 is 0.903 bits per heavy atom. The molecule has 0 saturated heterocycles. The van der Waals surface area contributed by atoms with E-state index in [1.165, 1.54) is 128 Å². The molecule has 186 valence electrons. The van der Waals surface area contributed by atoms with E-state index in [1.54, 1.807) is 0 Å². The number of carbonyl (C=O) groups is 1. The average Bonchev–Trinajstić information content (AvgIpc) is 2.77. The van der Waals surface area contributed by atoms with Crippen LogP contribution in [-0.4, -0.2) is 12.6 Å². The standard InChI is InChI=1S/C29H58O2/c1-5-8-11-13-15-17-19-22-25-28(24-20-10-7-3)26-31-29(30)27(4)23-21-18-16-14-12-9-6-2/h27-28H,5-26H2,1-4H3. The summed E-state index contributed by atoms with van der Waals surface area (Å²) in [5, 5.41) is 0. The van der Waals surface area contributed by atoms with Crippen molar-refractivity contribution in [1.82, 2.24) is 0 Å². The quantitative estimate of drug-likeness (QED) is 0.111. The van der Waals surface area contributed by atoms with Gasteiger partial charge in [0.25, 0.3) is 0 Å². The van der Waals surface area contributed by atoms with Gasteiger partial charge in [0.2, 0.25) is 0 Å². The lowest BCUT2D eigenvalue weighted by molar-refractivity contribution is -0.149. The first-order valence-corrected chi connectivity index (χ1v) is 14.3. The lowest BCUT2D eigenvalue weighted by Gasteiger charge is -2.19. The van der Waals surface area contributed by atoms with Crippen molar-refractivity contribution in [3.63, 3.8) is 0 Å². The van der Waals surface area contributed by atoms with Crippen molar-refractivity contribution >= 4 is 5.97 Å². The molecule has 0 saturated carbocycles. The molecular formula is C29H58O2. The fourth-order valence-corrected chi connectivity index (χ4v) is 4.43. The van der Waals surface area contributed by atoms with Crippen molar-refractivity contribution in [3.05, 3.63) is 0 Å². The van der Waals surface area contributed by atoms with Crippen LogP contribution >= 0.6 is 0 Å². The highest BCUT2D eigenvalue weighted by atomic mass is 16.5. The van der Waals surface area contributed by atoms with Gasteiger partial charge in [-0.2, -0.15) is 0 Å². The zero-order valence-electron chi connectivity index (χ0n) is 22.0. The highest BCUT2D eigenvalue weighted by Gasteiger charge is 2.17. The predicted octanol–water partition coefficient (Wildman–Crippen LogP) is 10.0. The van der Waals surface area contributed by atoms with Gasteiger partial charge in [0.15, 0.2) is 0 Å². The molecule has 0 heterocycles. The molecule has 0 spiro atoms. The molecule has 0 N–H and O–H groups in total. The smallest absolute Gasteiger partial charge is 0.308 e. The lowest BCUT2D eigenvalue weighted by atomic mass is 9.95. The van der Waals surface area contributed by atoms with Gasteiger partial charge in [-0.25, -0.2) is 0 Å². The molecule has 0 bridgehead atoms. The second kappa shape index (κ2) is 24.1. The van der Waals surface area contributed by atoms with Gasteiger partial charge in [-0.15, -0.1) is 0 Å². The number of esters is 1. The van der Waals surface area contributed by atoms with Gasteiger partial charge in [-0.1, -0.05) is 143 Å². The van der Waals surface area contributed by atoms with Gasteiger partial charge in [-0.3, -0.25) is 4.79 Å². The number of hydrogen-bond acceptors (Lipinski definition) is 2. The summed E-state index contributed by atoms with van der Waals surface area (Å²) in [6, 6.07) is 0. The topological polar surface area (TPSA) is 26.3 Å². The molecule has 31 heavy (non-hydrogen) atoms. The summed E-state index contributed by atoms with van der Waals surface area (Å²) in [5.74, 6) is 0.679. The Morgan fingerprint density at radius 3 is 1.39 bits per heavy atom. The Balaban J connectivity index is 3.97. The monoisotopic (exact) mass is 438 g/mol. The first kappa shape index (κ1) is 30.5. The summed E-state index contributed by atoms with van der Waals surface area (Å²) in [5.41, 5.74) is 0. The predicted molar refractivity (Wildman–Crippen MR) is 138 cm³/mol. The number of ether oxygens (including phenoxy) is 1. The molecule has 0 radical (unpaired) electrons. The summed E-state index contributed by atoms with van der Waals surface area (Å²) in [4.78, 5) is 12.5. The summed E-state index contributed by atoms with van der Waals surface area (Å²) < 4.78 is 5.79. The van der Waals surface area contributed by atoms with E-state index in [0.29, 0.717) is 12.5 Å². The van der Waals surface area contributed by atoms with E-state index in [-0.39, 0.29) is 11.9 Å². The molecule has 0 aliphatic rings. The van der Waals surface area contributed by atoms with Gasteiger partial charge >= 0.3 is 5.97 Å². The summed E-state index contributed by atoms with van der Waals surface area (Å²) in [7, 11) is 0. The fraction of sp³-hybridized carbons (Fsp3) is 0.966. The van der Waals surface area contributed by atoms with E-state index in [9.17, 15) is 4.79 Å². The Morgan fingerprint density at radius 1 is 0.548 bits per heavy atom. The third-order valence-electron chi connectivity index (χ3n) is 6.79. The zero-order chi connectivity index (χ0) is 23.0. The number of unbranched alkanes of at least 4 members (excludes halogenated alkanes) is 15. The van der Waals surface area contributed by atoms with Crippen LogP contribution in [0.15, 0.2) is 0 Å². The molecule has 0 aromatic heterocycles. The number of rotatable bonds is 24. The van der Waals surface area contributed by atoms with Gasteiger partial charge < -0.3 is 4.74 Å². The second-order valence-corrected chi connectivity index (χ2v) is 10.1. The van der Waals surface area contributed by atoms with Gasteiger partial charge in [0, 0.05) is 0 Å². The molecule has 0 aromatic carbocycles. The maximum atomic E-state index is 12.5. The van der Waals surface area contributed by atoms with Crippen molar-refractivity contribution < 1.29 is 9.53 Å². The highest BCUT2D eigenvalue weighted by Crippen LogP contribution is 2.20. The van der Waals surface area contributed by atoms with Crippen LogP contribution in [0.25, 0.3) is 0 Å². The third-order valence-corrected chi connectivity index (χ3v) is 6.79. The van der Waals surface area contributed by atoms with Crippen molar-refractivity contribution in [3.8, 4) is 0 Å². The van der Waals surface area contributed by atoms with Gasteiger partial charge in [0.05, 0.1) is 12.5 Å². The molecule has 0 aliphatic carbocycles. The highest BCUT2D eigenvalue weighted by molar-refractivity contribution is 5.71. The summed E-state index contributed by atoms with van der Waals surface area (Å²) in [6.45, 7) is 9.52. The molecule has 0 rings (SSSR count). The normalized spacial score (nSPS) is 13.3. The number of hydrogen-bond donors (Lipinski definition) is 0. The van der Waals surface area contributed by atoms with Crippen LogP contribution in [0.2, 0.25) is 0 Å². The molecular weight excluding hydrogens is 380 g/mol. The lowest BCUT2D eigenvalue weighted by Crippen LogP contribution is -2.19. The largest absolute Gasteiger partial charge is 0.465 e. The maximum absolute atomic E-state index is 12.5. The Bertz CT molecular complexity index is 366. The molecule has 0 aliphatic heterocycles. The maximum Gasteiger partial charge on any atom is 0.308 e. The molecule has 0 fully saturated rings. The van der Waals surface area contributed by atoms with E-state index in [2.05, 4.69) is 27.7 Å². The Hall–Kier alpha value is -0.530. The van der Waals surface area contributed by atoms with Crippen LogP contribution in [0.5, 0.6) is 0 Å². The van der Waals surface area contributed by atoms with Crippen molar-refractivity contribution in [2.45, 2.75) is 163 Å². The average molecular weight is 439 g/mol. The molecule has 0 aromatic rings. The molecule has 2 heteroatoms. The third kappa shape index (κ3) is 21.1. The SMILES string of the molecule is CCCCCCCCCCC(CCCCC)COC(=O)C(C)CCCCCCCCC. The minimum absolute atomic E-state index is 0.0439. The van der Waals surface area contributed by atoms with Crippen LogP contribution in [-0.2, 0) is 9.53 Å². The fourth-order valence-electron chi connectivity index (χ4n) is 4.43. The van der Waals surface area contributed by atoms with Crippen LogP contribution in [0.1, 0.15) is 163 Å². The van der Waals surface area contributed by atoms with E-state index in [4.69, 9.17) is 4.74 Å². The summed E-state index contributed by atoms with van der Waals surface area (Å²) in [6.07, 6.45) is 27.4. The van der Waals surface area contributed by atoms with Crippen LogP contribution in [0.4, 0.5) is 0 Å². The minimum atomic E-state index is 0.0439. The van der Waals surface area contributed by atoms with Gasteiger partial charge in [0.1, 0.15) is 0 Å². The van der Waals surface area contributed by atoms with E-state index in [1.807, 2.05) is 0 Å². The number of carbonyl (C=O) groups excluding carboxylic acids is 1. The van der Waals surface area contributed by atoms with Gasteiger partial charge in [-0.05, 0) is 25.2 Å². The molecule has 2 unspecified atom stereocenters. The summed E-state index contributed by atoms with van der Waals surface area (Å²) >= 11 is 0. The van der Waals surface area contributed by atoms with E-state index < -0.39 is 0 Å². The first-order chi connectivity index (χ1) is 15.2. The Labute approximate surface area is 196 Å². The molecule has 0 amide bonds.